The minimum atomic E-state index is 0.0413. The van der Waals surface area contributed by atoms with Crippen LogP contribution in [0.15, 0.2) is 35.5 Å². The maximum Gasteiger partial charge on any atom is 0.261 e. The molecule has 0 saturated heterocycles. The van der Waals surface area contributed by atoms with Gasteiger partial charge in [0.25, 0.3) is 5.78 Å². The molecule has 2 aromatic heterocycles. The highest BCUT2D eigenvalue weighted by Crippen LogP contribution is 2.23. The van der Waals surface area contributed by atoms with E-state index in [1.165, 1.54) is 11.8 Å². The van der Waals surface area contributed by atoms with Gasteiger partial charge in [0.05, 0.1) is 5.75 Å². The van der Waals surface area contributed by atoms with Crippen LogP contribution in [0.2, 0.25) is 0 Å². The van der Waals surface area contributed by atoms with Crippen molar-refractivity contribution in [3.63, 3.8) is 0 Å². The summed E-state index contributed by atoms with van der Waals surface area (Å²) in [5.74, 6) is 1.98. The van der Waals surface area contributed by atoms with Crippen molar-refractivity contribution in [2.75, 3.05) is 43.7 Å². The van der Waals surface area contributed by atoms with Crippen molar-refractivity contribution in [3.8, 4) is 0 Å². The summed E-state index contributed by atoms with van der Waals surface area (Å²) in [6.07, 6.45) is 0. The number of benzene rings is 1. The first-order valence-corrected chi connectivity index (χ1v) is 8.65. The average molecular weight is 357 g/mol. The number of carbonyl (C=O) groups excluding carboxylic acids is 1. The van der Waals surface area contributed by atoms with Crippen LogP contribution in [-0.4, -0.2) is 64.3 Å². The van der Waals surface area contributed by atoms with Gasteiger partial charge in [-0.1, -0.05) is 42.1 Å². The predicted octanol–water partition coefficient (Wildman–Crippen LogP) is 1.63. The zero-order chi connectivity index (χ0) is 18.0. The largest absolute Gasteiger partial charge is 0.348 e. The average Bonchev–Trinajstić information content (AvgIpc) is 3.02. The van der Waals surface area contributed by atoms with Crippen LogP contribution in [0.5, 0.6) is 0 Å². The van der Waals surface area contributed by atoms with E-state index in [2.05, 4.69) is 20.2 Å². The molecule has 8 nitrogen and oxygen atoms in total. The fourth-order valence-electron chi connectivity index (χ4n) is 2.19. The highest BCUT2D eigenvalue weighted by molar-refractivity contribution is 7.99. The number of hydrogen-bond donors (Lipinski definition) is 0. The first-order chi connectivity index (χ1) is 12.0. The highest BCUT2D eigenvalue weighted by Gasteiger charge is 2.18. The molecule has 0 bridgehead atoms. The summed E-state index contributed by atoms with van der Waals surface area (Å²) >= 11 is 1.32. The maximum absolute atomic E-state index is 12.3. The molecule has 0 aliphatic carbocycles. The Labute approximate surface area is 149 Å². The number of fused-ring (bicyclic) bond motifs is 1. The predicted molar refractivity (Wildman–Crippen MR) is 98.7 cm³/mol. The molecule has 0 saturated carbocycles. The summed E-state index contributed by atoms with van der Waals surface area (Å²) in [6.45, 7) is 0. The van der Waals surface area contributed by atoms with Crippen LogP contribution in [0.25, 0.3) is 5.78 Å². The van der Waals surface area contributed by atoms with Gasteiger partial charge in [-0.25, -0.2) is 4.40 Å². The summed E-state index contributed by atoms with van der Waals surface area (Å²) in [7, 11) is 7.53. The number of rotatable bonds is 6. The third-order valence-electron chi connectivity index (χ3n) is 3.44. The number of ketones is 1. The minimum absolute atomic E-state index is 0.0413. The fourth-order valence-corrected chi connectivity index (χ4v) is 3.01. The molecule has 0 fully saturated rings. The van der Waals surface area contributed by atoms with Crippen LogP contribution in [0.3, 0.4) is 0 Å². The van der Waals surface area contributed by atoms with Crippen molar-refractivity contribution >= 4 is 35.2 Å². The monoisotopic (exact) mass is 357 g/mol. The molecule has 0 aliphatic rings. The van der Waals surface area contributed by atoms with E-state index in [1.807, 2.05) is 68.3 Å². The van der Waals surface area contributed by atoms with Gasteiger partial charge in [-0.2, -0.15) is 9.97 Å². The standard InChI is InChI=1S/C16H19N7OS/c1-21(2)13-17-14-19-20-16(23(14)15(18-13)22(3)4)25-10-12(24)11-8-6-5-7-9-11/h5-9H,10H2,1-4H3. The fraction of sp³-hybridized carbons (Fsp3) is 0.312. The van der Waals surface area contributed by atoms with Gasteiger partial charge in [0.1, 0.15) is 0 Å². The smallest absolute Gasteiger partial charge is 0.261 e. The second-order valence-corrected chi connectivity index (χ2v) is 6.75. The molecular formula is C16H19N7OS. The van der Waals surface area contributed by atoms with E-state index in [0.29, 0.717) is 28.4 Å². The van der Waals surface area contributed by atoms with Gasteiger partial charge in [-0.3, -0.25) is 4.79 Å². The number of aromatic nitrogens is 5. The highest BCUT2D eigenvalue weighted by atomic mass is 32.2. The van der Waals surface area contributed by atoms with E-state index in [9.17, 15) is 4.79 Å². The van der Waals surface area contributed by atoms with Crippen LogP contribution in [0, 0.1) is 0 Å². The van der Waals surface area contributed by atoms with Crippen molar-refractivity contribution in [2.45, 2.75) is 5.16 Å². The van der Waals surface area contributed by atoms with E-state index in [-0.39, 0.29) is 11.5 Å². The van der Waals surface area contributed by atoms with Gasteiger partial charge in [-0.05, 0) is 0 Å². The summed E-state index contributed by atoms with van der Waals surface area (Å²) in [5, 5.41) is 8.90. The van der Waals surface area contributed by atoms with Gasteiger partial charge < -0.3 is 9.80 Å². The first kappa shape index (κ1) is 17.2. The Hall–Kier alpha value is -2.68. The van der Waals surface area contributed by atoms with Crippen LogP contribution in [0.4, 0.5) is 11.9 Å². The molecule has 0 N–H and O–H groups in total. The first-order valence-electron chi connectivity index (χ1n) is 7.66. The summed E-state index contributed by atoms with van der Waals surface area (Å²) in [5.41, 5.74) is 0.683. The summed E-state index contributed by atoms with van der Waals surface area (Å²) in [4.78, 5) is 24.9. The van der Waals surface area contributed by atoms with Crippen molar-refractivity contribution in [1.29, 1.82) is 0 Å². The molecule has 25 heavy (non-hydrogen) atoms. The zero-order valence-corrected chi connectivity index (χ0v) is 15.4. The van der Waals surface area contributed by atoms with Gasteiger partial charge in [0, 0.05) is 33.8 Å². The topological polar surface area (TPSA) is 79.5 Å². The Morgan fingerprint density at radius 3 is 2.40 bits per heavy atom. The van der Waals surface area contributed by atoms with Crippen LogP contribution in [-0.2, 0) is 0 Å². The molecule has 0 amide bonds. The quantitative estimate of drug-likeness (QED) is 0.486. The Morgan fingerprint density at radius 1 is 1.04 bits per heavy atom. The van der Waals surface area contributed by atoms with Crippen molar-refractivity contribution in [2.24, 2.45) is 0 Å². The third-order valence-corrected chi connectivity index (χ3v) is 4.37. The lowest BCUT2D eigenvalue weighted by atomic mass is 10.2. The lowest BCUT2D eigenvalue weighted by Crippen LogP contribution is -2.20. The van der Waals surface area contributed by atoms with Crippen molar-refractivity contribution in [3.05, 3.63) is 35.9 Å². The molecule has 2 heterocycles. The number of nitrogens with zero attached hydrogens (tertiary/aromatic N) is 7. The van der Waals surface area contributed by atoms with Gasteiger partial charge in [-0.15, -0.1) is 10.2 Å². The number of hydrogen-bond acceptors (Lipinski definition) is 8. The van der Waals surface area contributed by atoms with Gasteiger partial charge in [0.2, 0.25) is 11.9 Å². The zero-order valence-electron chi connectivity index (χ0n) is 14.5. The SMILES string of the molecule is CN(C)c1nc(N(C)C)n2c(SCC(=O)c3ccccc3)nnc2n1. The van der Waals surface area contributed by atoms with Crippen LogP contribution < -0.4 is 9.80 Å². The molecule has 0 aliphatic heterocycles. The molecular weight excluding hydrogens is 338 g/mol. The van der Waals surface area contributed by atoms with E-state index in [1.54, 1.807) is 4.40 Å². The van der Waals surface area contributed by atoms with Crippen molar-refractivity contribution < 1.29 is 4.79 Å². The van der Waals surface area contributed by atoms with E-state index >= 15 is 0 Å². The molecule has 130 valence electrons. The van der Waals surface area contributed by atoms with E-state index < -0.39 is 0 Å². The Bertz CT molecular complexity index is 892. The third kappa shape index (κ3) is 3.55. The lowest BCUT2D eigenvalue weighted by Gasteiger charge is -2.17. The lowest BCUT2D eigenvalue weighted by molar-refractivity contribution is 0.102. The molecule has 0 atom stereocenters. The summed E-state index contributed by atoms with van der Waals surface area (Å²) < 4.78 is 1.76. The molecule has 0 radical (unpaired) electrons. The molecule has 1 aromatic carbocycles. The number of thioether (sulfide) groups is 1. The van der Waals surface area contributed by atoms with Crippen LogP contribution >= 0.6 is 11.8 Å². The summed E-state index contributed by atoms with van der Waals surface area (Å²) in [6, 6.07) is 9.21. The van der Waals surface area contributed by atoms with Crippen molar-refractivity contribution in [1.82, 2.24) is 24.6 Å². The molecule has 3 rings (SSSR count). The molecule has 0 unspecified atom stereocenters. The number of anilines is 2. The van der Waals surface area contributed by atoms with Gasteiger partial charge in [0.15, 0.2) is 10.9 Å². The van der Waals surface area contributed by atoms with Crippen LogP contribution in [0.1, 0.15) is 10.4 Å². The Morgan fingerprint density at radius 2 is 1.76 bits per heavy atom. The normalized spacial score (nSPS) is 10.9. The maximum atomic E-state index is 12.3. The Kier molecular flexibility index (Phi) is 4.84. The molecule has 3 aromatic rings. The van der Waals surface area contributed by atoms with E-state index in [4.69, 9.17) is 0 Å². The minimum Gasteiger partial charge on any atom is -0.348 e. The molecule has 0 spiro atoms. The Balaban J connectivity index is 1.91. The number of carbonyl (C=O) groups is 1. The second kappa shape index (κ2) is 7.06. The number of Topliss-reactive ketones (excluding diaryl/α,β-unsaturated/α-hetero) is 1. The van der Waals surface area contributed by atoms with Gasteiger partial charge >= 0.3 is 0 Å². The van der Waals surface area contributed by atoms with E-state index in [0.717, 1.165) is 0 Å². The second-order valence-electron chi connectivity index (χ2n) is 5.81. The molecule has 9 heteroatoms.